The molecule has 0 amide bonds. The van der Waals surface area contributed by atoms with Gasteiger partial charge < -0.3 is 9.47 Å². The van der Waals surface area contributed by atoms with E-state index >= 15 is 0 Å². The smallest absolute Gasteiger partial charge is 0.231 e. The zero-order valence-electron chi connectivity index (χ0n) is 5.43. The Morgan fingerprint density at radius 2 is 2.18 bits per heavy atom. The van der Waals surface area contributed by atoms with Gasteiger partial charge in [0.15, 0.2) is 11.5 Å². The predicted octanol–water partition coefficient (Wildman–Crippen LogP) is 2.83. The van der Waals surface area contributed by atoms with Crippen LogP contribution in [0.4, 0.5) is 0 Å². The maximum Gasteiger partial charge on any atom is 0.231 e. The molecule has 1 aromatic rings. The first-order valence-electron chi connectivity index (χ1n) is 3.02. The molecule has 1 aromatic carbocycles. The summed E-state index contributed by atoms with van der Waals surface area (Å²) in [7, 11) is 0. The Labute approximate surface area is 77.2 Å². The van der Waals surface area contributed by atoms with Gasteiger partial charge >= 0.3 is 0 Å². The fourth-order valence-electron chi connectivity index (χ4n) is 0.936. The zero-order valence-corrected chi connectivity index (χ0v) is 7.78. The number of ether oxygens (including phenoxy) is 2. The summed E-state index contributed by atoms with van der Waals surface area (Å²) in [4.78, 5) is 0. The second-order valence-corrected chi connectivity index (χ2v) is 3.41. The molecule has 0 unspecified atom stereocenters. The van der Waals surface area contributed by atoms with Crippen LogP contribution in [0.15, 0.2) is 16.6 Å². The third-order valence-corrected chi connectivity index (χ3v) is 2.20. The third-order valence-electron chi connectivity index (χ3n) is 1.39. The molecule has 0 saturated heterocycles. The first-order valence-corrected chi connectivity index (χ1v) is 4.19. The molecular weight excluding hydrogens is 231 g/mol. The summed E-state index contributed by atoms with van der Waals surface area (Å²) in [5.74, 6) is 1.43. The van der Waals surface area contributed by atoms with E-state index < -0.39 is 0 Å². The molecule has 0 aromatic heterocycles. The molecule has 0 aliphatic carbocycles. The molecule has 0 spiro atoms. The predicted molar refractivity (Wildman–Crippen MR) is 45.3 cm³/mol. The minimum Gasteiger partial charge on any atom is -0.453 e. The van der Waals surface area contributed by atoms with Gasteiger partial charge in [0.05, 0.1) is 4.47 Å². The van der Waals surface area contributed by atoms with E-state index in [1.165, 1.54) is 0 Å². The molecule has 0 saturated carbocycles. The van der Waals surface area contributed by atoms with Crippen molar-refractivity contribution in [3.8, 4) is 11.5 Å². The largest absolute Gasteiger partial charge is 0.453 e. The van der Waals surface area contributed by atoms with Crippen molar-refractivity contribution in [1.29, 1.82) is 0 Å². The summed E-state index contributed by atoms with van der Waals surface area (Å²) in [5, 5.41) is 0.640. The van der Waals surface area contributed by atoms with Crippen molar-refractivity contribution in [2.45, 2.75) is 0 Å². The van der Waals surface area contributed by atoms with Crippen LogP contribution < -0.4 is 9.47 Å². The highest BCUT2D eigenvalue weighted by atomic mass is 79.9. The second-order valence-electron chi connectivity index (χ2n) is 2.12. The van der Waals surface area contributed by atoms with E-state index in [0.717, 1.165) is 10.2 Å². The van der Waals surface area contributed by atoms with E-state index in [4.69, 9.17) is 21.1 Å². The zero-order chi connectivity index (χ0) is 7.84. The second kappa shape index (κ2) is 2.57. The molecule has 2 nitrogen and oxygen atoms in total. The number of halogens is 2. The Kier molecular flexibility index (Phi) is 1.69. The van der Waals surface area contributed by atoms with E-state index in [-0.39, 0.29) is 6.79 Å². The van der Waals surface area contributed by atoms with Crippen molar-refractivity contribution in [1.82, 2.24) is 0 Å². The average Bonchev–Trinajstić information content (AvgIpc) is 2.34. The lowest BCUT2D eigenvalue weighted by Gasteiger charge is -1.98. The van der Waals surface area contributed by atoms with Crippen molar-refractivity contribution in [3.05, 3.63) is 21.6 Å². The molecule has 1 aliphatic heterocycles. The van der Waals surface area contributed by atoms with Gasteiger partial charge in [-0.15, -0.1) is 0 Å². The third kappa shape index (κ3) is 1.19. The lowest BCUT2D eigenvalue weighted by atomic mass is 10.3. The topological polar surface area (TPSA) is 18.5 Å². The Bertz CT molecular complexity index is 301. The summed E-state index contributed by atoms with van der Waals surface area (Å²) in [6, 6.07) is 3.50. The van der Waals surface area contributed by atoms with Crippen LogP contribution in [0.3, 0.4) is 0 Å². The lowest BCUT2D eigenvalue weighted by molar-refractivity contribution is 0.173. The summed E-state index contributed by atoms with van der Waals surface area (Å²) >= 11 is 9.07. The van der Waals surface area contributed by atoms with Crippen LogP contribution in [-0.4, -0.2) is 6.79 Å². The molecule has 0 fully saturated rings. The number of rotatable bonds is 0. The summed E-state index contributed by atoms with van der Waals surface area (Å²) in [5.41, 5.74) is 0. The first kappa shape index (κ1) is 7.25. The summed E-state index contributed by atoms with van der Waals surface area (Å²) in [6.45, 7) is 0.272. The van der Waals surface area contributed by atoms with Gasteiger partial charge in [-0.3, -0.25) is 0 Å². The summed E-state index contributed by atoms with van der Waals surface area (Å²) in [6.07, 6.45) is 0. The van der Waals surface area contributed by atoms with Gasteiger partial charge in [-0.05, 0) is 22.0 Å². The van der Waals surface area contributed by atoms with Gasteiger partial charge in [-0.25, -0.2) is 0 Å². The normalized spacial score (nSPS) is 13.6. The Balaban J connectivity index is 2.60. The molecule has 0 atom stereocenters. The molecule has 58 valence electrons. The molecule has 2 rings (SSSR count). The van der Waals surface area contributed by atoms with Crippen LogP contribution >= 0.6 is 27.5 Å². The van der Waals surface area contributed by atoms with Gasteiger partial charge in [-0.2, -0.15) is 0 Å². The van der Waals surface area contributed by atoms with E-state index in [1.807, 2.05) is 0 Å². The van der Waals surface area contributed by atoms with Gasteiger partial charge in [0.25, 0.3) is 0 Å². The van der Waals surface area contributed by atoms with Crippen LogP contribution in [0.25, 0.3) is 0 Å². The molecule has 4 heteroatoms. The Morgan fingerprint density at radius 1 is 1.36 bits per heavy atom. The molecule has 0 N–H and O–H groups in total. The molecule has 1 heterocycles. The molecule has 11 heavy (non-hydrogen) atoms. The van der Waals surface area contributed by atoms with Gasteiger partial charge in [0, 0.05) is 11.1 Å². The highest BCUT2D eigenvalue weighted by Crippen LogP contribution is 2.41. The van der Waals surface area contributed by atoms with Crippen molar-refractivity contribution in [3.63, 3.8) is 0 Å². The fraction of sp³-hybridized carbons (Fsp3) is 0.143. The van der Waals surface area contributed by atoms with Gasteiger partial charge in [0.2, 0.25) is 6.79 Å². The van der Waals surface area contributed by atoms with E-state index in [2.05, 4.69) is 15.9 Å². The molecule has 1 aliphatic rings. The quantitative estimate of drug-likeness (QED) is 0.688. The standard InChI is InChI=1S/C7H4BrClO2/c8-5-1-4(9)2-6-7(5)11-3-10-6/h1-2H,3H2. The Hall–Kier alpha value is -0.410. The maximum atomic E-state index is 5.76. The van der Waals surface area contributed by atoms with Crippen LogP contribution in [0.5, 0.6) is 11.5 Å². The van der Waals surface area contributed by atoms with Crippen LogP contribution in [0.1, 0.15) is 0 Å². The van der Waals surface area contributed by atoms with Crippen molar-refractivity contribution in [2.24, 2.45) is 0 Å². The SMILES string of the molecule is Clc1cc(Br)c2c(c1)OCO2. The minimum absolute atomic E-state index is 0.272. The highest BCUT2D eigenvalue weighted by molar-refractivity contribution is 9.10. The monoisotopic (exact) mass is 234 g/mol. The highest BCUT2D eigenvalue weighted by Gasteiger charge is 2.16. The maximum absolute atomic E-state index is 5.76. The molecule has 0 radical (unpaired) electrons. The van der Waals surface area contributed by atoms with E-state index in [1.54, 1.807) is 12.1 Å². The van der Waals surface area contributed by atoms with Crippen LogP contribution in [0.2, 0.25) is 5.02 Å². The van der Waals surface area contributed by atoms with Crippen molar-refractivity contribution < 1.29 is 9.47 Å². The number of hydrogen-bond donors (Lipinski definition) is 0. The lowest BCUT2D eigenvalue weighted by Crippen LogP contribution is -1.93. The number of fused-ring (bicyclic) bond motifs is 1. The van der Waals surface area contributed by atoms with Crippen LogP contribution in [-0.2, 0) is 0 Å². The first-order chi connectivity index (χ1) is 5.27. The summed E-state index contributed by atoms with van der Waals surface area (Å²) < 4.78 is 11.1. The average molecular weight is 235 g/mol. The fourth-order valence-corrected chi connectivity index (χ4v) is 1.83. The number of hydrogen-bond acceptors (Lipinski definition) is 2. The van der Waals surface area contributed by atoms with Gasteiger partial charge in [0.1, 0.15) is 0 Å². The molecular formula is C7H4BrClO2. The number of benzene rings is 1. The minimum atomic E-state index is 0.272. The Morgan fingerprint density at radius 3 is 3.00 bits per heavy atom. The van der Waals surface area contributed by atoms with Crippen molar-refractivity contribution >= 4 is 27.5 Å². The van der Waals surface area contributed by atoms with Crippen molar-refractivity contribution in [2.75, 3.05) is 6.79 Å². The van der Waals surface area contributed by atoms with Gasteiger partial charge in [-0.1, -0.05) is 11.6 Å². The molecule has 0 bridgehead atoms. The van der Waals surface area contributed by atoms with Crippen LogP contribution in [0, 0.1) is 0 Å². The van der Waals surface area contributed by atoms with E-state index in [9.17, 15) is 0 Å². The van der Waals surface area contributed by atoms with E-state index in [0.29, 0.717) is 10.8 Å².